The van der Waals surface area contributed by atoms with Crippen molar-refractivity contribution in [2.24, 2.45) is 0 Å². The second-order valence-electron chi connectivity index (χ2n) is 4.71. The molecule has 1 aliphatic rings. The van der Waals surface area contributed by atoms with E-state index in [1.54, 1.807) is 6.92 Å². The number of esters is 1. The van der Waals surface area contributed by atoms with Crippen LogP contribution in [0.5, 0.6) is 0 Å². The molecule has 1 heterocycles. The lowest BCUT2D eigenvalue weighted by Gasteiger charge is -2.28. The number of rotatable bonds is 6. The molecule has 0 aromatic heterocycles. The van der Waals surface area contributed by atoms with Crippen LogP contribution >= 0.6 is 0 Å². The Hall–Kier alpha value is -0.670. The molecule has 1 saturated heterocycles. The number of sulfone groups is 1. The SMILES string of the molecule is CCN(CCC(=O)OC)S(=O)(=O)C1CCS(=O)(=O)CC1. The summed E-state index contributed by atoms with van der Waals surface area (Å²) >= 11 is 0. The zero-order valence-electron chi connectivity index (χ0n) is 11.7. The zero-order chi connectivity index (χ0) is 15.4. The van der Waals surface area contributed by atoms with Gasteiger partial charge in [-0.15, -0.1) is 0 Å². The van der Waals surface area contributed by atoms with E-state index in [-0.39, 0.29) is 43.9 Å². The van der Waals surface area contributed by atoms with Crippen LogP contribution in [0, 0.1) is 0 Å². The summed E-state index contributed by atoms with van der Waals surface area (Å²) in [5.41, 5.74) is 0. The third-order valence-electron chi connectivity index (χ3n) is 3.43. The van der Waals surface area contributed by atoms with Crippen LogP contribution in [0.4, 0.5) is 0 Å². The number of carbonyl (C=O) groups excluding carboxylic acids is 1. The molecule has 0 aromatic carbocycles. The lowest BCUT2D eigenvalue weighted by molar-refractivity contribution is -0.140. The van der Waals surface area contributed by atoms with Gasteiger partial charge in [-0.2, -0.15) is 0 Å². The molecule has 0 aromatic rings. The maximum absolute atomic E-state index is 12.4. The lowest BCUT2D eigenvalue weighted by Crippen LogP contribution is -2.43. The van der Waals surface area contributed by atoms with E-state index >= 15 is 0 Å². The van der Waals surface area contributed by atoms with E-state index in [1.165, 1.54) is 11.4 Å². The third kappa shape index (κ3) is 4.42. The summed E-state index contributed by atoms with van der Waals surface area (Å²) in [4.78, 5) is 11.1. The largest absolute Gasteiger partial charge is 0.469 e. The molecule has 20 heavy (non-hydrogen) atoms. The van der Waals surface area contributed by atoms with E-state index in [1.807, 2.05) is 0 Å². The second kappa shape index (κ2) is 6.86. The van der Waals surface area contributed by atoms with Gasteiger partial charge in [0.15, 0.2) is 0 Å². The lowest BCUT2D eigenvalue weighted by atomic mass is 10.2. The predicted molar refractivity (Wildman–Crippen MR) is 74.5 cm³/mol. The van der Waals surface area contributed by atoms with Crippen molar-refractivity contribution in [3.8, 4) is 0 Å². The Morgan fingerprint density at radius 3 is 2.30 bits per heavy atom. The molecule has 0 saturated carbocycles. The van der Waals surface area contributed by atoms with E-state index < -0.39 is 31.1 Å². The number of ether oxygens (including phenoxy) is 1. The number of sulfonamides is 1. The number of carbonyl (C=O) groups is 1. The highest BCUT2D eigenvalue weighted by atomic mass is 32.2. The van der Waals surface area contributed by atoms with Gasteiger partial charge in [-0.1, -0.05) is 6.92 Å². The summed E-state index contributed by atoms with van der Waals surface area (Å²) in [6.45, 7) is 2.01. The van der Waals surface area contributed by atoms with Crippen molar-refractivity contribution in [3.63, 3.8) is 0 Å². The van der Waals surface area contributed by atoms with Gasteiger partial charge >= 0.3 is 5.97 Å². The quantitative estimate of drug-likeness (QED) is 0.626. The van der Waals surface area contributed by atoms with Crippen LogP contribution in [0.3, 0.4) is 0 Å². The van der Waals surface area contributed by atoms with Crippen molar-refractivity contribution in [1.82, 2.24) is 4.31 Å². The van der Waals surface area contributed by atoms with Crippen LogP contribution in [0.15, 0.2) is 0 Å². The Kier molecular flexibility index (Phi) is 5.96. The highest BCUT2D eigenvalue weighted by Gasteiger charge is 2.36. The normalized spacial score (nSPS) is 19.9. The van der Waals surface area contributed by atoms with Crippen LogP contribution in [0.2, 0.25) is 0 Å². The number of hydrogen-bond donors (Lipinski definition) is 0. The molecule has 1 fully saturated rings. The van der Waals surface area contributed by atoms with Gasteiger partial charge in [-0.25, -0.2) is 21.1 Å². The van der Waals surface area contributed by atoms with E-state index in [4.69, 9.17) is 0 Å². The van der Waals surface area contributed by atoms with Gasteiger partial charge in [-0.05, 0) is 12.8 Å². The average Bonchev–Trinajstić information content (AvgIpc) is 2.38. The van der Waals surface area contributed by atoms with Crippen LogP contribution in [0.25, 0.3) is 0 Å². The Bertz CT molecular complexity index is 525. The Morgan fingerprint density at radius 1 is 1.30 bits per heavy atom. The van der Waals surface area contributed by atoms with Crippen LogP contribution in [-0.4, -0.2) is 64.1 Å². The molecule has 0 aliphatic carbocycles. The maximum atomic E-state index is 12.4. The fraction of sp³-hybridized carbons (Fsp3) is 0.909. The molecule has 0 spiro atoms. The van der Waals surface area contributed by atoms with Crippen molar-refractivity contribution < 1.29 is 26.4 Å². The monoisotopic (exact) mass is 327 g/mol. The standard InChI is InChI=1S/C11H21NO6S2/c1-3-12(7-4-11(13)18-2)20(16,17)10-5-8-19(14,15)9-6-10/h10H,3-9H2,1-2H3. The molecule has 0 unspecified atom stereocenters. The minimum absolute atomic E-state index is 0.00537. The molecule has 9 heteroatoms. The minimum atomic E-state index is -3.57. The fourth-order valence-electron chi connectivity index (χ4n) is 2.16. The molecule has 0 amide bonds. The Balaban J connectivity index is 2.72. The van der Waals surface area contributed by atoms with Gasteiger partial charge < -0.3 is 4.74 Å². The maximum Gasteiger partial charge on any atom is 0.306 e. The van der Waals surface area contributed by atoms with Crippen molar-refractivity contribution in [1.29, 1.82) is 0 Å². The van der Waals surface area contributed by atoms with Gasteiger partial charge in [0.05, 0.1) is 30.3 Å². The van der Waals surface area contributed by atoms with Crippen LogP contribution in [-0.2, 0) is 29.4 Å². The molecule has 7 nitrogen and oxygen atoms in total. The molecular formula is C11H21NO6S2. The molecule has 0 atom stereocenters. The molecule has 1 rings (SSSR count). The van der Waals surface area contributed by atoms with Crippen molar-refractivity contribution in [2.75, 3.05) is 31.7 Å². The molecular weight excluding hydrogens is 306 g/mol. The highest BCUT2D eigenvalue weighted by Crippen LogP contribution is 2.22. The van der Waals surface area contributed by atoms with Crippen LogP contribution < -0.4 is 0 Å². The van der Waals surface area contributed by atoms with Crippen molar-refractivity contribution in [3.05, 3.63) is 0 Å². The van der Waals surface area contributed by atoms with E-state index in [0.29, 0.717) is 0 Å². The summed E-state index contributed by atoms with van der Waals surface area (Å²) in [5, 5.41) is -0.677. The fourth-order valence-corrected chi connectivity index (χ4v) is 5.91. The number of hydrogen-bond acceptors (Lipinski definition) is 6. The minimum Gasteiger partial charge on any atom is -0.469 e. The van der Waals surface area contributed by atoms with Crippen molar-refractivity contribution >= 4 is 25.8 Å². The first-order valence-electron chi connectivity index (χ1n) is 6.49. The smallest absolute Gasteiger partial charge is 0.306 e. The summed E-state index contributed by atoms with van der Waals surface area (Å²) in [6.07, 6.45) is 0.243. The van der Waals surface area contributed by atoms with Crippen molar-refractivity contribution in [2.45, 2.75) is 31.4 Å². The van der Waals surface area contributed by atoms with E-state index in [0.717, 1.165) is 0 Å². The first-order chi connectivity index (χ1) is 9.23. The molecule has 118 valence electrons. The Morgan fingerprint density at radius 2 is 1.85 bits per heavy atom. The van der Waals surface area contributed by atoms with Gasteiger partial charge in [0.2, 0.25) is 10.0 Å². The number of methoxy groups -OCH3 is 1. The predicted octanol–water partition coefficient (Wildman–Crippen LogP) is -0.222. The number of nitrogens with zero attached hydrogens (tertiary/aromatic N) is 1. The third-order valence-corrected chi connectivity index (χ3v) is 7.62. The molecule has 1 aliphatic heterocycles. The average molecular weight is 327 g/mol. The van der Waals surface area contributed by atoms with E-state index in [2.05, 4.69) is 4.74 Å². The summed E-state index contributed by atoms with van der Waals surface area (Å²) in [5.74, 6) is -0.651. The Labute approximate surface area is 120 Å². The summed E-state index contributed by atoms with van der Waals surface area (Å²) < 4.78 is 53.2. The zero-order valence-corrected chi connectivity index (χ0v) is 13.4. The molecule has 0 bridgehead atoms. The molecule has 0 N–H and O–H groups in total. The molecule has 0 radical (unpaired) electrons. The highest BCUT2D eigenvalue weighted by molar-refractivity contribution is 7.92. The first kappa shape index (κ1) is 17.4. The summed E-state index contributed by atoms with van der Waals surface area (Å²) in [7, 11) is -5.41. The van der Waals surface area contributed by atoms with Gasteiger partial charge in [0.25, 0.3) is 0 Å². The second-order valence-corrected chi connectivity index (χ2v) is 9.23. The van der Waals surface area contributed by atoms with E-state index in [9.17, 15) is 21.6 Å². The first-order valence-corrected chi connectivity index (χ1v) is 9.81. The topological polar surface area (TPSA) is 97.8 Å². The summed E-state index contributed by atoms with van der Waals surface area (Å²) in [6, 6.07) is 0. The van der Waals surface area contributed by atoms with Gasteiger partial charge in [-0.3, -0.25) is 4.79 Å². The van der Waals surface area contributed by atoms with Crippen LogP contribution in [0.1, 0.15) is 26.2 Å². The van der Waals surface area contributed by atoms with Gasteiger partial charge in [0.1, 0.15) is 9.84 Å². The van der Waals surface area contributed by atoms with Gasteiger partial charge in [0, 0.05) is 13.1 Å².